The van der Waals surface area contributed by atoms with Crippen LogP contribution in [0.2, 0.25) is 0 Å². The summed E-state index contributed by atoms with van der Waals surface area (Å²) in [6.07, 6.45) is 0. The third-order valence-electron chi connectivity index (χ3n) is 10.8. The Morgan fingerprint density at radius 1 is 0.255 bits per heavy atom. The van der Waals surface area contributed by atoms with Gasteiger partial charge in [0.05, 0.1) is 0 Å². The third-order valence-corrected chi connectivity index (χ3v) is 10.8. The second-order valence-electron chi connectivity index (χ2n) is 13.7. The molecule has 0 amide bonds. The standard InChI is InChI=1S/C50H30O/c1-2-11-33-28-38(21-17-31(33)9-1)48-41-13-5-7-15-43(41)49(44-16-8-6-14-42(44)48)39-22-20-34-27-35(18-19-36(34)29-39)37-24-26-47-46(30-37)45-25-23-32-10-3-4-12-40(32)50(45)51-47/h1-30H. The Morgan fingerprint density at radius 2 is 0.686 bits per heavy atom. The molecule has 236 valence electrons. The highest BCUT2D eigenvalue weighted by molar-refractivity contribution is 6.22. The molecule has 1 nitrogen and oxygen atoms in total. The van der Waals surface area contributed by atoms with Gasteiger partial charge in [0.1, 0.15) is 11.2 Å². The fourth-order valence-corrected chi connectivity index (χ4v) is 8.36. The fourth-order valence-electron chi connectivity index (χ4n) is 8.36. The van der Waals surface area contributed by atoms with E-state index in [1.807, 2.05) is 0 Å². The molecule has 1 aromatic heterocycles. The van der Waals surface area contributed by atoms with Gasteiger partial charge in [-0.3, -0.25) is 0 Å². The Kier molecular flexibility index (Phi) is 6.02. The molecule has 10 aromatic carbocycles. The lowest BCUT2D eigenvalue weighted by molar-refractivity contribution is 0.672. The zero-order chi connectivity index (χ0) is 33.5. The molecule has 0 bridgehead atoms. The molecule has 0 atom stereocenters. The Morgan fingerprint density at radius 3 is 1.33 bits per heavy atom. The molecule has 0 fully saturated rings. The smallest absolute Gasteiger partial charge is 0.143 e. The molecule has 0 aliphatic rings. The molecule has 0 saturated carbocycles. The van der Waals surface area contributed by atoms with Gasteiger partial charge in [-0.05, 0) is 118 Å². The second kappa shape index (κ2) is 10.9. The van der Waals surface area contributed by atoms with Gasteiger partial charge in [0.25, 0.3) is 0 Å². The quantitative estimate of drug-likeness (QED) is 0.174. The lowest BCUT2D eigenvalue weighted by Crippen LogP contribution is -1.91. The average molecular weight is 647 g/mol. The van der Waals surface area contributed by atoms with Gasteiger partial charge in [0.15, 0.2) is 0 Å². The molecule has 0 N–H and O–H groups in total. The molecule has 0 saturated heterocycles. The van der Waals surface area contributed by atoms with Gasteiger partial charge in [-0.25, -0.2) is 0 Å². The van der Waals surface area contributed by atoms with Crippen LogP contribution >= 0.6 is 0 Å². The highest BCUT2D eigenvalue weighted by Gasteiger charge is 2.17. The first-order chi connectivity index (χ1) is 25.3. The van der Waals surface area contributed by atoms with Crippen molar-refractivity contribution in [3.05, 3.63) is 182 Å². The molecular formula is C50H30O. The summed E-state index contributed by atoms with van der Waals surface area (Å²) in [4.78, 5) is 0. The van der Waals surface area contributed by atoms with Crippen molar-refractivity contribution in [2.75, 3.05) is 0 Å². The first-order valence-electron chi connectivity index (χ1n) is 17.6. The number of hydrogen-bond donors (Lipinski definition) is 0. The van der Waals surface area contributed by atoms with E-state index < -0.39 is 0 Å². The first kappa shape index (κ1) is 28.2. The molecule has 0 unspecified atom stereocenters. The monoisotopic (exact) mass is 646 g/mol. The summed E-state index contributed by atoms with van der Waals surface area (Å²) in [7, 11) is 0. The van der Waals surface area contributed by atoms with E-state index in [4.69, 9.17) is 4.42 Å². The zero-order valence-corrected chi connectivity index (χ0v) is 27.7. The van der Waals surface area contributed by atoms with Crippen LogP contribution in [-0.4, -0.2) is 0 Å². The highest BCUT2D eigenvalue weighted by atomic mass is 16.3. The summed E-state index contributed by atoms with van der Waals surface area (Å²) in [6, 6.07) is 66.5. The van der Waals surface area contributed by atoms with Crippen LogP contribution in [0.5, 0.6) is 0 Å². The summed E-state index contributed by atoms with van der Waals surface area (Å²) in [6.45, 7) is 0. The van der Waals surface area contributed by atoms with Gasteiger partial charge in [-0.2, -0.15) is 0 Å². The summed E-state index contributed by atoms with van der Waals surface area (Å²) >= 11 is 0. The van der Waals surface area contributed by atoms with Crippen molar-refractivity contribution < 1.29 is 4.42 Å². The lowest BCUT2D eigenvalue weighted by Gasteiger charge is -2.18. The maximum atomic E-state index is 6.39. The van der Waals surface area contributed by atoms with Crippen LogP contribution in [-0.2, 0) is 0 Å². The summed E-state index contributed by atoms with van der Waals surface area (Å²) in [5.74, 6) is 0. The molecule has 51 heavy (non-hydrogen) atoms. The van der Waals surface area contributed by atoms with Crippen molar-refractivity contribution in [2.24, 2.45) is 0 Å². The van der Waals surface area contributed by atoms with Crippen molar-refractivity contribution in [1.82, 2.24) is 0 Å². The highest BCUT2D eigenvalue weighted by Crippen LogP contribution is 2.45. The normalized spacial score (nSPS) is 11.9. The molecular weight excluding hydrogens is 617 g/mol. The molecule has 11 rings (SSSR count). The Labute approximate surface area is 294 Å². The molecule has 0 aliphatic heterocycles. The van der Waals surface area contributed by atoms with E-state index in [0.717, 1.165) is 27.3 Å². The van der Waals surface area contributed by atoms with Crippen molar-refractivity contribution in [2.45, 2.75) is 0 Å². The summed E-state index contributed by atoms with van der Waals surface area (Å²) < 4.78 is 6.39. The van der Waals surface area contributed by atoms with Gasteiger partial charge in [0.2, 0.25) is 0 Å². The number of furan rings is 1. The van der Waals surface area contributed by atoms with Gasteiger partial charge >= 0.3 is 0 Å². The van der Waals surface area contributed by atoms with Crippen LogP contribution in [0.1, 0.15) is 0 Å². The van der Waals surface area contributed by atoms with Gasteiger partial charge in [-0.1, -0.05) is 146 Å². The van der Waals surface area contributed by atoms with Gasteiger partial charge in [0, 0.05) is 16.2 Å². The largest absolute Gasteiger partial charge is 0.455 e. The third kappa shape index (κ3) is 4.35. The zero-order valence-electron chi connectivity index (χ0n) is 27.7. The number of benzene rings is 10. The van der Waals surface area contributed by atoms with Crippen molar-refractivity contribution in [3.8, 4) is 33.4 Å². The van der Waals surface area contributed by atoms with E-state index in [1.54, 1.807) is 0 Å². The maximum absolute atomic E-state index is 6.39. The van der Waals surface area contributed by atoms with Crippen molar-refractivity contribution in [1.29, 1.82) is 0 Å². The predicted molar refractivity (Wildman–Crippen MR) is 218 cm³/mol. The van der Waals surface area contributed by atoms with E-state index in [2.05, 4.69) is 182 Å². The number of rotatable bonds is 3. The number of fused-ring (bicyclic) bond motifs is 9. The van der Waals surface area contributed by atoms with Crippen LogP contribution in [0.4, 0.5) is 0 Å². The Hall–Kier alpha value is -6.70. The van der Waals surface area contributed by atoms with Crippen LogP contribution < -0.4 is 0 Å². The van der Waals surface area contributed by atoms with E-state index in [0.29, 0.717) is 0 Å². The average Bonchev–Trinajstić information content (AvgIpc) is 3.58. The summed E-state index contributed by atoms with van der Waals surface area (Å²) in [5, 5.41) is 14.7. The SMILES string of the molecule is c1ccc2cc(-c3c4ccccc4c(-c4ccc5cc(-c6ccc7oc8c9ccccc9ccc8c7c6)ccc5c4)c4ccccc34)ccc2c1. The molecule has 0 spiro atoms. The maximum Gasteiger partial charge on any atom is 0.143 e. The minimum absolute atomic E-state index is 0.918. The van der Waals surface area contributed by atoms with E-state index >= 15 is 0 Å². The van der Waals surface area contributed by atoms with Crippen LogP contribution in [0.3, 0.4) is 0 Å². The summed E-state index contributed by atoms with van der Waals surface area (Å²) in [5.41, 5.74) is 9.30. The van der Waals surface area contributed by atoms with Crippen molar-refractivity contribution >= 4 is 75.8 Å². The molecule has 0 aliphatic carbocycles. The van der Waals surface area contributed by atoms with Gasteiger partial charge < -0.3 is 4.42 Å². The fraction of sp³-hybridized carbons (Fsp3) is 0. The number of hydrogen-bond acceptors (Lipinski definition) is 1. The molecule has 1 heteroatoms. The topological polar surface area (TPSA) is 13.1 Å². The lowest BCUT2D eigenvalue weighted by atomic mass is 9.85. The van der Waals surface area contributed by atoms with Crippen LogP contribution in [0, 0.1) is 0 Å². The van der Waals surface area contributed by atoms with E-state index in [-0.39, 0.29) is 0 Å². The molecule has 0 radical (unpaired) electrons. The second-order valence-corrected chi connectivity index (χ2v) is 13.7. The molecule has 1 heterocycles. The first-order valence-corrected chi connectivity index (χ1v) is 17.6. The predicted octanol–water partition coefficient (Wildman–Crippen LogP) is 14.4. The Bertz CT molecular complexity index is 3140. The van der Waals surface area contributed by atoms with E-state index in [9.17, 15) is 0 Å². The Balaban J connectivity index is 1.05. The van der Waals surface area contributed by atoms with Gasteiger partial charge in [-0.15, -0.1) is 0 Å². The minimum Gasteiger partial charge on any atom is -0.455 e. The van der Waals surface area contributed by atoms with Crippen molar-refractivity contribution in [3.63, 3.8) is 0 Å². The van der Waals surface area contributed by atoms with E-state index in [1.165, 1.54) is 81.9 Å². The van der Waals surface area contributed by atoms with Crippen LogP contribution in [0.25, 0.3) is 109 Å². The van der Waals surface area contributed by atoms with Crippen LogP contribution in [0.15, 0.2) is 186 Å². The minimum atomic E-state index is 0.918. The molecule has 11 aromatic rings.